The number of hydrogen-bond acceptors (Lipinski definition) is 3. The molecule has 3 heteroatoms. The summed E-state index contributed by atoms with van der Waals surface area (Å²) in [6.07, 6.45) is 4.64. The summed E-state index contributed by atoms with van der Waals surface area (Å²) in [5.74, 6) is 0. The van der Waals surface area contributed by atoms with E-state index < -0.39 is 0 Å². The third kappa shape index (κ3) is 7.93. The van der Waals surface area contributed by atoms with Gasteiger partial charge in [-0.2, -0.15) is 0 Å². The van der Waals surface area contributed by atoms with Crippen molar-refractivity contribution in [2.24, 2.45) is 0 Å². The minimum atomic E-state index is -0.226. The van der Waals surface area contributed by atoms with E-state index in [9.17, 15) is 0 Å². The average molecular weight is 1070 g/mol. The van der Waals surface area contributed by atoms with Crippen LogP contribution in [0.5, 0.6) is 0 Å². The molecule has 0 radical (unpaired) electrons. The van der Waals surface area contributed by atoms with Crippen molar-refractivity contribution in [2.45, 2.75) is 194 Å². The second-order valence-electron chi connectivity index (χ2n) is 30.1. The fourth-order valence-electron chi connectivity index (χ4n) is 16.0. The Bertz CT molecular complexity index is 3990. The molecule has 0 saturated heterocycles. The summed E-state index contributed by atoms with van der Waals surface area (Å²) in [7, 11) is 0. The van der Waals surface area contributed by atoms with Gasteiger partial charge >= 0.3 is 0 Å². The normalized spacial score (nSPS) is 19.6. The van der Waals surface area contributed by atoms with Crippen LogP contribution in [0.1, 0.15) is 214 Å². The largest absolute Gasteiger partial charge is 0.456 e. The van der Waals surface area contributed by atoms with Gasteiger partial charge in [0.1, 0.15) is 11.2 Å². The molecule has 0 fully saturated rings. The van der Waals surface area contributed by atoms with Crippen molar-refractivity contribution in [3.05, 3.63) is 223 Å². The van der Waals surface area contributed by atoms with Crippen LogP contribution in [0.15, 0.2) is 150 Å². The van der Waals surface area contributed by atoms with Crippen molar-refractivity contribution in [2.75, 3.05) is 9.80 Å². The van der Waals surface area contributed by atoms with E-state index in [4.69, 9.17) is 4.42 Å². The maximum atomic E-state index is 7.09. The van der Waals surface area contributed by atoms with Crippen LogP contribution in [-0.4, -0.2) is 0 Å². The number of benzene rings is 8. The van der Waals surface area contributed by atoms with Gasteiger partial charge in [-0.1, -0.05) is 178 Å². The second-order valence-corrected chi connectivity index (χ2v) is 30.1. The average Bonchev–Trinajstić information content (AvgIpc) is 3.87. The number of rotatable bonds is 6. The lowest BCUT2D eigenvalue weighted by molar-refractivity contribution is 0.332. The minimum absolute atomic E-state index is 0.0154. The van der Waals surface area contributed by atoms with Crippen LogP contribution in [0, 0.1) is 13.8 Å². The maximum absolute atomic E-state index is 7.09. The summed E-state index contributed by atoms with van der Waals surface area (Å²) in [6.45, 7) is 43.4. The van der Waals surface area contributed by atoms with Gasteiger partial charge in [0.2, 0.25) is 0 Å². The first-order valence-corrected chi connectivity index (χ1v) is 30.3. The molecule has 4 aliphatic carbocycles. The van der Waals surface area contributed by atoms with E-state index in [2.05, 4.69) is 280 Å². The van der Waals surface area contributed by atoms with Crippen molar-refractivity contribution < 1.29 is 4.42 Å². The zero-order valence-electron chi connectivity index (χ0n) is 52.0. The zero-order valence-corrected chi connectivity index (χ0v) is 52.0. The monoisotopic (exact) mass is 1070 g/mol. The lowest BCUT2D eigenvalue weighted by atomic mass is 9.60. The van der Waals surface area contributed by atoms with E-state index in [0.29, 0.717) is 0 Å². The van der Waals surface area contributed by atoms with Gasteiger partial charge in [-0.25, -0.2) is 0 Å². The van der Waals surface area contributed by atoms with E-state index in [1.807, 2.05) is 0 Å². The lowest BCUT2D eigenvalue weighted by Gasteiger charge is -2.45. The first kappa shape index (κ1) is 53.5. The molecule has 0 unspecified atom stereocenters. The van der Waals surface area contributed by atoms with Crippen LogP contribution in [0.4, 0.5) is 34.1 Å². The number of furan rings is 1. The Labute approximate surface area is 484 Å². The Morgan fingerprint density at radius 2 is 0.667 bits per heavy atom. The third-order valence-corrected chi connectivity index (χ3v) is 21.4. The number of hydrogen-bond donors (Lipinski definition) is 0. The standard InChI is InChI=1S/C78H86N2O/c1-47-37-52(79(49-28-31-60-66(41-49)77(15,16)58-25-21-19-23-56(58)75(60,11)12)50-29-32-61-67(42-50)78(17,18)59-26-22-20-24-57(59)76(61,13)14)40-53(38-47)80(68-45-64-62(39-48(68)2)71(3,4)33-35-73(64,7)8)51-27-30-54-55-44-63-65(46-70(55)81-69(54)43-51)74(9,10)36-34-72(63,5)6/h19-32,37-46H,33-36H2,1-18H3. The van der Waals surface area contributed by atoms with Crippen LogP contribution in [-0.2, 0) is 43.3 Å². The van der Waals surface area contributed by atoms with Crippen LogP contribution in [0.2, 0.25) is 0 Å². The summed E-state index contributed by atoms with van der Waals surface area (Å²) < 4.78 is 7.09. The van der Waals surface area contributed by atoms with Gasteiger partial charge in [-0.3, -0.25) is 0 Å². The number of fused-ring (bicyclic) bond motifs is 9. The molecule has 0 saturated carbocycles. The van der Waals surface area contributed by atoms with Crippen LogP contribution >= 0.6 is 0 Å². The first-order chi connectivity index (χ1) is 37.9. The van der Waals surface area contributed by atoms with Crippen LogP contribution in [0.25, 0.3) is 21.9 Å². The van der Waals surface area contributed by atoms with Crippen molar-refractivity contribution in [1.29, 1.82) is 0 Å². The van der Waals surface area contributed by atoms with E-state index in [1.54, 1.807) is 0 Å². The Hall–Kier alpha value is -6.84. The molecule has 0 spiro atoms. The summed E-state index contributed by atoms with van der Waals surface area (Å²) in [5, 5.41) is 2.37. The van der Waals surface area contributed by atoms with Gasteiger partial charge in [0.05, 0.1) is 0 Å². The Morgan fingerprint density at radius 1 is 0.296 bits per heavy atom. The molecule has 0 atom stereocenters. The molecule has 414 valence electrons. The van der Waals surface area contributed by atoms with Gasteiger partial charge in [-0.05, 0) is 212 Å². The topological polar surface area (TPSA) is 19.6 Å². The van der Waals surface area contributed by atoms with Gasteiger partial charge in [0.25, 0.3) is 0 Å². The molecule has 0 N–H and O–H groups in total. The highest BCUT2D eigenvalue weighted by Crippen LogP contribution is 2.56. The molecule has 4 aliphatic rings. The SMILES string of the molecule is Cc1cc(N(c2ccc3c(c2)C(C)(C)c2ccccc2C3(C)C)c2ccc3c(c2)C(C)(C)c2ccccc2C3(C)C)cc(N(c2ccc3c(c2)oc2cc4c(cc23)C(C)(C)CCC4(C)C)c2cc3c(cc2C)C(C)(C)CCC3(C)C)c1. The van der Waals surface area contributed by atoms with Crippen molar-refractivity contribution in [3.8, 4) is 0 Å². The van der Waals surface area contributed by atoms with Gasteiger partial charge in [0.15, 0.2) is 0 Å². The van der Waals surface area contributed by atoms with Crippen molar-refractivity contribution in [1.82, 2.24) is 0 Å². The molecule has 1 heterocycles. The van der Waals surface area contributed by atoms with E-state index >= 15 is 0 Å². The quantitative estimate of drug-likeness (QED) is 0.165. The fourth-order valence-corrected chi connectivity index (χ4v) is 16.0. The van der Waals surface area contributed by atoms with Crippen molar-refractivity contribution >= 4 is 56.1 Å². The lowest BCUT2D eigenvalue weighted by Crippen LogP contribution is -2.37. The summed E-state index contributed by atoms with van der Waals surface area (Å²) in [5.41, 5.74) is 27.6. The molecule has 13 rings (SSSR count). The fraction of sp³-hybridized carbons (Fsp3) is 0.385. The molecular formula is C78H86N2O. The first-order valence-electron chi connectivity index (χ1n) is 30.3. The van der Waals surface area contributed by atoms with Gasteiger partial charge in [0, 0.05) is 72.6 Å². The highest BCUT2D eigenvalue weighted by Gasteiger charge is 2.45. The molecule has 0 bridgehead atoms. The maximum Gasteiger partial charge on any atom is 0.137 e. The molecule has 1 aromatic heterocycles. The predicted molar refractivity (Wildman–Crippen MR) is 345 cm³/mol. The second kappa shape index (κ2) is 17.4. The molecule has 81 heavy (non-hydrogen) atoms. The van der Waals surface area contributed by atoms with Gasteiger partial charge in [-0.15, -0.1) is 0 Å². The molecular weight excluding hydrogens is 981 g/mol. The Morgan fingerprint density at radius 3 is 1.15 bits per heavy atom. The molecule has 9 aromatic rings. The predicted octanol–water partition coefficient (Wildman–Crippen LogP) is 21.8. The zero-order chi connectivity index (χ0) is 57.5. The van der Waals surface area contributed by atoms with Crippen LogP contribution in [0.3, 0.4) is 0 Å². The number of aryl methyl sites for hydroxylation is 2. The van der Waals surface area contributed by atoms with E-state index in [1.165, 1.54) is 107 Å². The summed E-state index contributed by atoms with van der Waals surface area (Å²) in [6, 6.07) is 57.3. The van der Waals surface area contributed by atoms with E-state index in [-0.39, 0.29) is 43.3 Å². The smallest absolute Gasteiger partial charge is 0.137 e. The van der Waals surface area contributed by atoms with E-state index in [0.717, 1.165) is 52.4 Å². The molecule has 0 amide bonds. The highest BCUT2D eigenvalue weighted by atomic mass is 16.3. The third-order valence-electron chi connectivity index (χ3n) is 21.4. The Kier molecular flexibility index (Phi) is 11.5. The molecule has 0 aliphatic heterocycles. The molecule has 8 aromatic carbocycles. The van der Waals surface area contributed by atoms with Crippen LogP contribution < -0.4 is 9.80 Å². The highest BCUT2D eigenvalue weighted by molar-refractivity contribution is 6.07. The summed E-state index contributed by atoms with van der Waals surface area (Å²) in [4.78, 5) is 5.12. The van der Waals surface area contributed by atoms with Gasteiger partial charge < -0.3 is 14.2 Å². The van der Waals surface area contributed by atoms with Crippen molar-refractivity contribution in [3.63, 3.8) is 0 Å². The number of anilines is 6. The number of nitrogens with zero attached hydrogens (tertiary/aromatic N) is 2. The Balaban J connectivity index is 1.05. The molecule has 3 nitrogen and oxygen atoms in total. The minimum Gasteiger partial charge on any atom is -0.456 e. The summed E-state index contributed by atoms with van der Waals surface area (Å²) >= 11 is 0.